The number of carbonyl (C=O) groups excluding carboxylic acids is 2. The van der Waals surface area contributed by atoms with Crippen LogP contribution in [0.25, 0.3) is 0 Å². The quantitative estimate of drug-likeness (QED) is 0.719. The van der Waals surface area contributed by atoms with Crippen LogP contribution >= 0.6 is 11.6 Å². The Labute approximate surface area is 174 Å². The van der Waals surface area contributed by atoms with Crippen LogP contribution in [0.5, 0.6) is 0 Å². The van der Waals surface area contributed by atoms with Gasteiger partial charge < -0.3 is 15.1 Å². The fourth-order valence-corrected chi connectivity index (χ4v) is 5.03. The molecule has 1 fully saturated rings. The molecule has 156 valence electrons. The van der Waals surface area contributed by atoms with Gasteiger partial charge in [0.2, 0.25) is 15.9 Å². The first-order valence-electron chi connectivity index (χ1n) is 9.24. The van der Waals surface area contributed by atoms with E-state index in [1.54, 1.807) is 6.07 Å². The average molecular weight is 440 g/mol. The van der Waals surface area contributed by atoms with Crippen molar-refractivity contribution in [2.24, 2.45) is 0 Å². The van der Waals surface area contributed by atoms with Crippen LogP contribution in [0, 0.1) is 0 Å². The largest absolute Gasteiger partial charge is 0.459 e. The van der Waals surface area contributed by atoms with Gasteiger partial charge in [-0.05, 0) is 50.1 Å². The van der Waals surface area contributed by atoms with Crippen LogP contribution in [-0.2, 0) is 14.8 Å². The predicted molar refractivity (Wildman–Crippen MR) is 108 cm³/mol. The number of amides is 2. The van der Waals surface area contributed by atoms with E-state index in [2.05, 4.69) is 10.6 Å². The van der Waals surface area contributed by atoms with Crippen LogP contribution in [-0.4, -0.2) is 43.7 Å². The topological polar surface area (TPSA) is 109 Å². The van der Waals surface area contributed by atoms with E-state index in [0.29, 0.717) is 13.1 Å². The number of halogens is 1. The third-order valence-corrected chi connectivity index (χ3v) is 7.00. The Balaban J connectivity index is 1.72. The molecule has 0 saturated carbocycles. The number of carbonyl (C=O) groups is 2. The minimum Gasteiger partial charge on any atom is -0.459 e. The summed E-state index contributed by atoms with van der Waals surface area (Å²) in [5, 5.41) is 5.21. The van der Waals surface area contributed by atoms with E-state index < -0.39 is 27.9 Å². The molecular weight excluding hydrogens is 418 g/mol. The van der Waals surface area contributed by atoms with Gasteiger partial charge in [-0.15, -0.1) is 0 Å². The second-order valence-corrected chi connectivity index (χ2v) is 9.09. The number of sulfonamides is 1. The normalized spacial score (nSPS) is 16.2. The summed E-state index contributed by atoms with van der Waals surface area (Å²) in [6, 6.07) is 6.46. The van der Waals surface area contributed by atoms with Gasteiger partial charge in [0.25, 0.3) is 5.91 Å². The van der Waals surface area contributed by atoms with Crippen LogP contribution in [0.4, 0.5) is 5.69 Å². The van der Waals surface area contributed by atoms with Gasteiger partial charge in [-0.2, -0.15) is 4.31 Å². The first-order valence-corrected chi connectivity index (χ1v) is 11.1. The fourth-order valence-electron chi connectivity index (χ4n) is 3.01. The van der Waals surface area contributed by atoms with Crippen molar-refractivity contribution in [2.45, 2.75) is 37.1 Å². The molecule has 1 aromatic carbocycles. The summed E-state index contributed by atoms with van der Waals surface area (Å²) in [5.74, 6) is -0.943. The Morgan fingerprint density at radius 1 is 1.17 bits per heavy atom. The minimum atomic E-state index is -3.75. The van der Waals surface area contributed by atoms with Gasteiger partial charge in [-0.3, -0.25) is 9.59 Å². The van der Waals surface area contributed by atoms with E-state index >= 15 is 0 Å². The SMILES string of the molecule is CC(NC(=O)c1ccco1)C(=O)Nc1ccc(Cl)c(S(=O)(=O)N2CCCCC2)c1. The Kier molecular flexibility index (Phi) is 6.61. The number of nitrogens with zero attached hydrogens (tertiary/aromatic N) is 1. The lowest BCUT2D eigenvalue weighted by Gasteiger charge is -2.26. The molecule has 1 unspecified atom stereocenters. The maximum Gasteiger partial charge on any atom is 0.287 e. The van der Waals surface area contributed by atoms with Crippen LogP contribution in [0.2, 0.25) is 5.02 Å². The van der Waals surface area contributed by atoms with Gasteiger partial charge in [0.1, 0.15) is 10.9 Å². The van der Waals surface area contributed by atoms with Gasteiger partial charge >= 0.3 is 0 Å². The molecule has 2 amide bonds. The van der Waals surface area contributed by atoms with Crippen molar-refractivity contribution >= 4 is 39.1 Å². The molecule has 2 heterocycles. The molecule has 0 aliphatic carbocycles. The average Bonchev–Trinajstić information content (AvgIpc) is 3.25. The molecule has 29 heavy (non-hydrogen) atoms. The van der Waals surface area contributed by atoms with Crippen molar-refractivity contribution in [3.63, 3.8) is 0 Å². The Morgan fingerprint density at radius 2 is 1.90 bits per heavy atom. The van der Waals surface area contributed by atoms with E-state index in [9.17, 15) is 18.0 Å². The highest BCUT2D eigenvalue weighted by molar-refractivity contribution is 7.89. The number of rotatable bonds is 6. The second kappa shape index (κ2) is 8.98. The van der Waals surface area contributed by atoms with E-state index in [1.165, 1.54) is 41.8 Å². The lowest BCUT2D eigenvalue weighted by molar-refractivity contribution is -0.117. The zero-order chi connectivity index (χ0) is 21.0. The zero-order valence-corrected chi connectivity index (χ0v) is 17.4. The van der Waals surface area contributed by atoms with Crippen LogP contribution in [0.1, 0.15) is 36.7 Å². The van der Waals surface area contributed by atoms with Crippen molar-refractivity contribution in [1.82, 2.24) is 9.62 Å². The third-order valence-electron chi connectivity index (χ3n) is 4.62. The minimum absolute atomic E-state index is 0.0499. The summed E-state index contributed by atoms with van der Waals surface area (Å²) in [6.45, 7) is 2.41. The molecule has 0 radical (unpaired) electrons. The Hall–Kier alpha value is -2.36. The van der Waals surface area contributed by atoms with Gasteiger partial charge in [-0.1, -0.05) is 18.0 Å². The van der Waals surface area contributed by atoms with Gasteiger partial charge in [-0.25, -0.2) is 8.42 Å². The van der Waals surface area contributed by atoms with Crippen molar-refractivity contribution in [1.29, 1.82) is 0 Å². The highest BCUT2D eigenvalue weighted by Gasteiger charge is 2.28. The number of benzene rings is 1. The lowest BCUT2D eigenvalue weighted by Crippen LogP contribution is -2.41. The van der Waals surface area contributed by atoms with Crippen LogP contribution in [0.15, 0.2) is 45.9 Å². The maximum atomic E-state index is 12.9. The number of anilines is 1. The molecule has 8 nitrogen and oxygen atoms in total. The molecule has 2 aromatic rings. The molecule has 1 atom stereocenters. The van der Waals surface area contributed by atoms with Crippen LogP contribution in [0.3, 0.4) is 0 Å². The molecule has 1 aliphatic heterocycles. The highest BCUT2D eigenvalue weighted by Crippen LogP contribution is 2.29. The maximum absolute atomic E-state index is 12.9. The molecule has 2 N–H and O–H groups in total. The monoisotopic (exact) mass is 439 g/mol. The highest BCUT2D eigenvalue weighted by atomic mass is 35.5. The first kappa shape index (κ1) is 21.4. The van der Waals surface area contributed by atoms with Gasteiger partial charge in [0.15, 0.2) is 5.76 Å². The molecule has 3 rings (SSSR count). The van der Waals surface area contributed by atoms with E-state index in [-0.39, 0.29) is 21.4 Å². The molecular formula is C19H22ClN3O5S. The standard InChI is InChI=1S/C19H22ClN3O5S/c1-13(21-19(25)16-6-5-11-28-16)18(24)22-14-7-8-15(20)17(12-14)29(26,27)23-9-3-2-4-10-23/h5-8,11-13H,2-4,9-10H2,1H3,(H,21,25)(H,22,24). The molecule has 10 heteroatoms. The molecule has 1 saturated heterocycles. The molecule has 1 aliphatic rings. The van der Waals surface area contributed by atoms with Crippen molar-refractivity contribution in [2.75, 3.05) is 18.4 Å². The van der Waals surface area contributed by atoms with Crippen LogP contribution < -0.4 is 10.6 Å². The fraction of sp³-hybridized carbons (Fsp3) is 0.368. The summed E-state index contributed by atoms with van der Waals surface area (Å²) in [7, 11) is -3.75. The number of hydrogen-bond acceptors (Lipinski definition) is 5. The summed E-state index contributed by atoms with van der Waals surface area (Å²) >= 11 is 6.14. The van der Waals surface area contributed by atoms with E-state index in [4.69, 9.17) is 16.0 Å². The number of furan rings is 1. The second-order valence-electron chi connectivity index (χ2n) is 6.77. The molecule has 0 bridgehead atoms. The van der Waals surface area contributed by atoms with Crippen molar-refractivity contribution < 1.29 is 22.4 Å². The predicted octanol–water partition coefficient (Wildman–Crippen LogP) is 2.86. The Morgan fingerprint density at radius 3 is 2.55 bits per heavy atom. The summed E-state index contributed by atoms with van der Waals surface area (Å²) in [6.07, 6.45) is 3.97. The molecule has 0 spiro atoms. The Bertz CT molecular complexity index is 985. The summed E-state index contributed by atoms with van der Waals surface area (Å²) in [4.78, 5) is 24.4. The number of nitrogens with one attached hydrogen (secondary N) is 2. The van der Waals surface area contributed by atoms with Crippen molar-refractivity contribution in [3.8, 4) is 0 Å². The summed E-state index contributed by atoms with van der Waals surface area (Å²) in [5.41, 5.74) is 0.272. The van der Waals surface area contributed by atoms with Crippen molar-refractivity contribution in [3.05, 3.63) is 47.4 Å². The van der Waals surface area contributed by atoms with E-state index in [1.807, 2.05) is 0 Å². The van der Waals surface area contributed by atoms with Gasteiger partial charge in [0.05, 0.1) is 11.3 Å². The van der Waals surface area contributed by atoms with Gasteiger partial charge in [0, 0.05) is 18.8 Å². The smallest absolute Gasteiger partial charge is 0.287 e. The summed E-state index contributed by atoms with van der Waals surface area (Å²) < 4.78 is 32.2. The van der Waals surface area contributed by atoms with E-state index in [0.717, 1.165) is 19.3 Å². The number of hydrogen-bond donors (Lipinski definition) is 2. The lowest BCUT2D eigenvalue weighted by atomic mass is 10.2. The first-order chi connectivity index (χ1) is 13.8. The third kappa shape index (κ3) is 4.98. The number of piperidine rings is 1. The molecule has 1 aromatic heterocycles. The zero-order valence-electron chi connectivity index (χ0n) is 15.9.